The molecule has 1 fully saturated rings. The van der Waals surface area contributed by atoms with E-state index < -0.39 is 4.92 Å². The van der Waals surface area contributed by atoms with Crippen molar-refractivity contribution < 1.29 is 14.1 Å². The van der Waals surface area contributed by atoms with Crippen LogP contribution in [0.5, 0.6) is 0 Å². The lowest BCUT2D eigenvalue weighted by molar-refractivity contribution is -0.384. The van der Waals surface area contributed by atoms with Crippen molar-refractivity contribution in [3.8, 4) is 0 Å². The molecule has 1 amide bonds. The molecule has 2 heterocycles. The van der Waals surface area contributed by atoms with Crippen molar-refractivity contribution in [1.82, 2.24) is 14.3 Å². The first kappa shape index (κ1) is 26.2. The van der Waals surface area contributed by atoms with Crippen molar-refractivity contribution in [2.75, 3.05) is 42.5 Å². The minimum atomic E-state index is -0.411. The summed E-state index contributed by atoms with van der Waals surface area (Å²) in [4.78, 5) is 34.5. The van der Waals surface area contributed by atoms with E-state index in [0.717, 1.165) is 16.8 Å². The molecule has 11 heteroatoms. The average Bonchev–Trinajstić information content (AvgIpc) is 3.43. The Bertz CT molecular complexity index is 1410. The molecule has 4 aromatic rings. The van der Waals surface area contributed by atoms with Crippen molar-refractivity contribution in [1.29, 1.82) is 0 Å². The molecule has 0 spiro atoms. The normalized spacial score (nSPS) is 13.4. The van der Waals surface area contributed by atoms with Crippen LogP contribution in [0.4, 0.5) is 20.9 Å². The number of non-ortho nitro benzene ring substituents is 1. The molecule has 9 nitrogen and oxygen atoms in total. The highest BCUT2D eigenvalue weighted by atomic mass is 32.1. The van der Waals surface area contributed by atoms with Gasteiger partial charge in [-0.25, -0.2) is 9.37 Å². The molecule has 0 saturated carbocycles. The van der Waals surface area contributed by atoms with E-state index in [1.165, 1.54) is 35.8 Å². The Morgan fingerprint density at radius 1 is 0.949 bits per heavy atom. The van der Waals surface area contributed by atoms with Crippen LogP contribution in [0, 0.1) is 15.9 Å². The Labute approximate surface area is 229 Å². The Hall–Kier alpha value is -4.38. The van der Waals surface area contributed by atoms with E-state index in [1.807, 2.05) is 40.1 Å². The molecular formula is C28H27FN6O3S. The zero-order valence-corrected chi connectivity index (χ0v) is 22.0. The van der Waals surface area contributed by atoms with Crippen LogP contribution < -0.4 is 9.80 Å². The molecule has 0 radical (unpaired) electrons. The summed E-state index contributed by atoms with van der Waals surface area (Å²) in [6.07, 6.45) is 0.481. The maximum Gasteiger partial charge on any atom is 0.269 e. The van der Waals surface area contributed by atoms with E-state index in [1.54, 1.807) is 24.3 Å². The van der Waals surface area contributed by atoms with Crippen LogP contribution in [-0.2, 0) is 17.8 Å². The Kier molecular flexibility index (Phi) is 8.07. The zero-order chi connectivity index (χ0) is 27.2. The van der Waals surface area contributed by atoms with Crippen molar-refractivity contribution in [2.45, 2.75) is 13.0 Å². The Balaban J connectivity index is 1.24. The molecule has 1 saturated heterocycles. The third-order valence-corrected chi connectivity index (χ3v) is 7.42. The van der Waals surface area contributed by atoms with E-state index in [2.05, 4.69) is 9.27 Å². The monoisotopic (exact) mass is 546 g/mol. The smallest absolute Gasteiger partial charge is 0.269 e. The molecule has 1 aliphatic heterocycles. The molecule has 0 N–H and O–H groups in total. The summed E-state index contributed by atoms with van der Waals surface area (Å²) in [6, 6.07) is 22.7. The SMILES string of the molecule is O=C(CN(Cc1ccccc1)c1nc(Cc2ccc(F)cc2)ns1)N1CCN(c2ccc([N+](=O)[O-])cc2)CC1. The molecular weight excluding hydrogens is 519 g/mol. The van der Waals surface area contributed by atoms with Gasteiger partial charge in [-0.1, -0.05) is 42.5 Å². The summed E-state index contributed by atoms with van der Waals surface area (Å²) in [6.45, 7) is 3.08. The van der Waals surface area contributed by atoms with Crippen LogP contribution in [0.25, 0.3) is 0 Å². The highest BCUT2D eigenvalue weighted by Gasteiger charge is 2.25. The van der Waals surface area contributed by atoms with Gasteiger partial charge in [0, 0.05) is 68.5 Å². The second-order valence-corrected chi connectivity index (χ2v) is 10.0. The predicted molar refractivity (Wildman–Crippen MR) is 148 cm³/mol. The fraction of sp³-hybridized carbons (Fsp3) is 0.250. The molecule has 1 aromatic heterocycles. The number of hydrogen-bond acceptors (Lipinski definition) is 8. The van der Waals surface area contributed by atoms with Crippen molar-refractivity contribution >= 4 is 33.9 Å². The number of halogens is 1. The van der Waals surface area contributed by atoms with Crippen molar-refractivity contribution in [3.63, 3.8) is 0 Å². The van der Waals surface area contributed by atoms with Gasteiger partial charge in [0.1, 0.15) is 11.6 Å². The average molecular weight is 547 g/mol. The van der Waals surface area contributed by atoms with Gasteiger partial charge < -0.3 is 14.7 Å². The van der Waals surface area contributed by atoms with Crippen LogP contribution in [0.15, 0.2) is 78.9 Å². The van der Waals surface area contributed by atoms with Crippen LogP contribution in [0.3, 0.4) is 0 Å². The first-order valence-corrected chi connectivity index (χ1v) is 13.3. The van der Waals surface area contributed by atoms with Crippen molar-refractivity contribution in [3.05, 3.63) is 112 Å². The second-order valence-electron chi connectivity index (χ2n) is 9.28. The summed E-state index contributed by atoms with van der Waals surface area (Å²) in [7, 11) is 0. The summed E-state index contributed by atoms with van der Waals surface area (Å²) >= 11 is 1.25. The lowest BCUT2D eigenvalue weighted by Crippen LogP contribution is -2.51. The highest BCUT2D eigenvalue weighted by molar-refractivity contribution is 7.09. The predicted octanol–water partition coefficient (Wildman–Crippen LogP) is 4.53. The van der Waals surface area contributed by atoms with E-state index in [9.17, 15) is 19.3 Å². The topological polar surface area (TPSA) is 95.7 Å². The number of carbonyl (C=O) groups is 1. The standard InChI is InChI=1S/C28H27FN6O3S/c29-23-8-6-21(7-9-23)18-26-30-28(39-31-26)34(19-22-4-2-1-3-5-22)20-27(36)33-16-14-32(15-17-33)24-10-12-25(13-11-24)35(37)38/h1-13H,14-20H2. The lowest BCUT2D eigenvalue weighted by Gasteiger charge is -2.37. The van der Waals surface area contributed by atoms with Gasteiger partial charge in [-0.3, -0.25) is 14.9 Å². The number of nitro groups is 1. The quantitative estimate of drug-likeness (QED) is 0.225. The number of piperazine rings is 1. The fourth-order valence-corrected chi connectivity index (χ4v) is 5.17. The number of anilines is 2. The molecule has 39 heavy (non-hydrogen) atoms. The third kappa shape index (κ3) is 6.74. The highest BCUT2D eigenvalue weighted by Crippen LogP contribution is 2.23. The van der Waals surface area contributed by atoms with Gasteiger partial charge in [0.15, 0.2) is 0 Å². The summed E-state index contributed by atoms with van der Waals surface area (Å²) in [5, 5.41) is 11.6. The van der Waals surface area contributed by atoms with Gasteiger partial charge >= 0.3 is 0 Å². The number of amides is 1. The number of nitrogens with zero attached hydrogens (tertiary/aromatic N) is 6. The van der Waals surface area contributed by atoms with Crippen LogP contribution in [0.2, 0.25) is 0 Å². The summed E-state index contributed by atoms with van der Waals surface area (Å²) in [5.74, 6) is 0.347. The molecule has 0 atom stereocenters. The van der Waals surface area contributed by atoms with Gasteiger partial charge in [0.2, 0.25) is 11.0 Å². The van der Waals surface area contributed by atoms with Gasteiger partial charge in [0.05, 0.1) is 11.5 Å². The molecule has 0 aliphatic carbocycles. The van der Waals surface area contributed by atoms with E-state index in [4.69, 9.17) is 4.98 Å². The van der Waals surface area contributed by atoms with E-state index >= 15 is 0 Å². The van der Waals surface area contributed by atoms with Gasteiger partial charge in [-0.05, 0) is 35.4 Å². The van der Waals surface area contributed by atoms with Gasteiger partial charge in [0.25, 0.3) is 5.69 Å². The van der Waals surface area contributed by atoms with Crippen LogP contribution >= 0.6 is 11.5 Å². The van der Waals surface area contributed by atoms with E-state index in [-0.39, 0.29) is 24.0 Å². The maximum atomic E-state index is 13.4. The van der Waals surface area contributed by atoms with Gasteiger partial charge in [-0.15, -0.1) is 0 Å². The van der Waals surface area contributed by atoms with Gasteiger partial charge in [-0.2, -0.15) is 4.37 Å². The van der Waals surface area contributed by atoms with E-state index in [0.29, 0.717) is 50.1 Å². The first-order chi connectivity index (χ1) is 18.9. The number of hydrogen-bond donors (Lipinski definition) is 0. The molecule has 3 aromatic carbocycles. The molecule has 5 rings (SSSR count). The molecule has 1 aliphatic rings. The summed E-state index contributed by atoms with van der Waals surface area (Å²) in [5.41, 5.74) is 2.94. The third-order valence-electron chi connectivity index (χ3n) is 6.60. The zero-order valence-electron chi connectivity index (χ0n) is 21.1. The minimum absolute atomic E-state index is 0.00423. The number of aromatic nitrogens is 2. The second kappa shape index (κ2) is 12.0. The molecule has 0 bridgehead atoms. The minimum Gasteiger partial charge on any atom is -0.368 e. The first-order valence-electron chi connectivity index (χ1n) is 12.6. The number of carbonyl (C=O) groups excluding carboxylic acids is 1. The number of rotatable bonds is 9. The number of nitro benzene ring substituents is 1. The molecule has 200 valence electrons. The maximum absolute atomic E-state index is 13.4. The Morgan fingerprint density at radius 2 is 1.64 bits per heavy atom. The van der Waals surface area contributed by atoms with Crippen molar-refractivity contribution in [2.24, 2.45) is 0 Å². The number of benzene rings is 3. The molecule has 0 unspecified atom stereocenters. The fourth-order valence-electron chi connectivity index (χ4n) is 4.49. The van der Waals surface area contributed by atoms with Crippen LogP contribution in [-0.4, -0.2) is 57.8 Å². The summed E-state index contributed by atoms with van der Waals surface area (Å²) < 4.78 is 17.8. The largest absolute Gasteiger partial charge is 0.368 e. The lowest BCUT2D eigenvalue weighted by atomic mass is 10.1. The van der Waals surface area contributed by atoms with Crippen LogP contribution in [0.1, 0.15) is 17.0 Å². The Morgan fingerprint density at radius 3 is 2.31 bits per heavy atom.